The van der Waals surface area contributed by atoms with Gasteiger partial charge >= 0.3 is 0 Å². The fourth-order valence-electron chi connectivity index (χ4n) is 2.43. The lowest BCUT2D eigenvalue weighted by atomic mass is 10.1. The molecule has 0 aromatic heterocycles. The quantitative estimate of drug-likeness (QED) is 0.799. The van der Waals surface area contributed by atoms with E-state index in [4.69, 9.17) is 0 Å². The third-order valence-corrected chi connectivity index (χ3v) is 5.53. The predicted octanol–water partition coefficient (Wildman–Crippen LogP) is 2.33. The summed E-state index contributed by atoms with van der Waals surface area (Å²) in [6.45, 7) is 3.24. The summed E-state index contributed by atoms with van der Waals surface area (Å²) < 4.78 is 27.6. The molecule has 7 heteroatoms. The lowest BCUT2D eigenvalue weighted by Gasteiger charge is -2.14. The van der Waals surface area contributed by atoms with Crippen LogP contribution in [0, 0.1) is 0 Å². The van der Waals surface area contributed by atoms with E-state index in [1.165, 1.54) is 19.1 Å². The van der Waals surface area contributed by atoms with Gasteiger partial charge in [0.15, 0.2) is 0 Å². The second-order valence-electron chi connectivity index (χ2n) is 6.23. The van der Waals surface area contributed by atoms with Crippen LogP contribution >= 0.6 is 0 Å². The molecule has 1 amide bonds. The van der Waals surface area contributed by atoms with Gasteiger partial charge in [-0.1, -0.05) is 0 Å². The molecule has 0 heterocycles. The number of nitrogens with one attached hydrogen (secondary N) is 2. The van der Waals surface area contributed by atoms with Crippen molar-refractivity contribution < 1.29 is 18.3 Å². The topological polar surface area (TPSA) is 95.5 Å². The zero-order valence-electron chi connectivity index (χ0n) is 12.9. The second-order valence-corrected chi connectivity index (χ2v) is 7.91. The summed E-state index contributed by atoms with van der Waals surface area (Å²) in [4.78, 5) is 11.1. The van der Waals surface area contributed by atoms with Gasteiger partial charge in [-0.3, -0.25) is 4.79 Å². The molecule has 1 aliphatic carbocycles. The summed E-state index contributed by atoms with van der Waals surface area (Å²) in [6, 6.07) is 7.67. The van der Waals surface area contributed by atoms with Crippen molar-refractivity contribution in [1.82, 2.24) is 4.72 Å². The predicted molar refractivity (Wildman–Crippen MR) is 87.9 cm³/mol. The average Bonchev–Trinajstić information content (AvgIpc) is 3.13. The van der Waals surface area contributed by atoms with Crippen LogP contribution in [0.5, 0.6) is 5.75 Å². The first-order chi connectivity index (χ1) is 10.7. The summed E-state index contributed by atoms with van der Waals surface area (Å²) in [5, 5.41) is 13.8. The van der Waals surface area contributed by atoms with Gasteiger partial charge in [-0.15, -0.1) is 0 Å². The minimum atomic E-state index is -3.70. The van der Waals surface area contributed by atoms with Crippen molar-refractivity contribution >= 4 is 32.4 Å². The number of sulfonamides is 1. The summed E-state index contributed by atoms with van der Waals surface area (Å²) in [5.74, 6) is -0.334. The molecule has 2 aromatic rings. The molecule has 0 radical (unpaired) electrons. The summed E-state index contributed by atoms with van der Waals surface area (Å²) in [6.07, 6.45) is 1.61. The second kappa shape index (κ2) is 5.21. The van der Waals surface area contributed by atoms with Gasteiger partial charge < -0.3 is 10.4 Å². The van der Waals surface area contributed by atoms with Crippen LogP contribution < -0.4 is 10.0 Å². The molecule has 122 valence electrons. The fraction of sp³-hybridized carbons (Fsp3) is 0.312. The van der Waals surface area contributed by atoms with Crippen molar-refractivity contribution in [2.75, 3.05) is 5.32 Å². The highest BCUT2D eigenvalue weighted by Gasteiger charge is 2.41. The standard InChI is InChI=1S/C16H18N2O4S/c1-10(19)17-12-3-4-14-11(7-12)8-13(9-15(14)20)23(21,22)18-16(2)5-6-16/h3-4,7-9,18,20H,5-6H2,1-2H3,(H,17,19). The van der Waals surface area contributed by atoms with Gasteiger partial charge in [-0.05, 0) is 49.4 Å². The van der Waals surface area contributed by atoms with E-state index in [9.17, 15) is 18.3 Å². The average molecular weight is 334 g/mol. The van der Waals surface area contributed by atoms with E-state index in [1.54, 1.807) is 18.2 Å². The van der Waals surface area contributed by atoms with E-state index in [-0.39, 0.29) is 22.1 Å². The third-order valence-electron chi connectivity index (χ3n) is 3.92. The van der Waals surface area contributed by atoms with E-state index in [1.807, 2.05) is 6.92 Å². The molecule has 1 aliphatic rings. The first-order valence-electron chi connectivity index (χ1n) is 7.27. The number of hydrogen-bond acceptors (Lipinski definition) is 4. The number of amides is 1. The van der Waals surface area contributed by atoms with Gasteiger partial charge in [0.05, 0.1) is 4.90 Å². The number of phenols is 1. The van der Waals surface area contributed by atoms with Crippen molar-refractivity contribution in [3.05, 3.63) is 30.3 Å². The Morgan fingerprint density at radius 2 is 1.91 bits per heavy atom. The van der Waals surface area contributed by atoms with E-state index in [0.29, 0.717) is 16.5 Å². The largest absolute Gasteiger partial charge is 0.507 e. The number of carbonyl (C=O) groups is 1. The van der Waals surface area contributed by atoms with Crippen LogP contribution in [0.2, 0.25) is 0 Å². The molecule has 23 heavy (non-hydrogen) atoms. The normalized spacial score (nSPS) is 16.3. The molecular formula is C16H18N2O4S. The molecule has 0 unspecified atom stereocenters. The Hall–Kier alpha value is -2.12. The van der Waals surface area contributed by atoms with E-state index >= 15 is 0 Å². The molecule has 0 saturated heterocycles. The Morgan fingerprint density at radius 3 is 2.52 bits per heavy atom. The van der Waals surface area contributed by atoms with E-state index in [0.717, 1.165) is 12.8 Å². The number of anilines is 1. The van der Waals surface area contributed by atoms with Crippen LogP contribution in [0.4, 0.5) is 5.69 Å². The molecule has 0 atom stereocenters. The van der Waals surface area contributed by atoms with E-state index in [2.05, 4.69) is 10.0 Å². The number of benzene rings is 2. The highest BCUT2D eigenvalue weighted by molar-refractivity contribution is 7.89. The molecule has 6 nitrogen and oxygen atoms in total. The molecule has 0 bridgehead atoms. The Balaban J connectivity index is 2.06. The number of hydrogen-bond donors (Lipinski definition) is 3. The fourth-order valence-corrected chi connectivity index (χ4v) is 3.95. The summed E-state index contributed by atoms with van der Waals surface area (Å²) in [5.41, 5.74) is 0.155. The molecule has 0 spiro atoms. The highest BCUT2D eigenvalue weighted by atomic mass is 32.2. The van der Waals surface area contributed by atoms with Crippen LogP contribution in [0.25, 0.3) is 10.8 Å². The zero-order chi connectivity index (χ0) is 16.8. The van der Waals surface area contributed by atoms with Crippen LogP contribution in [-0.2, 0) is 14.8 Å². The number of fused-ring (bicyclic) bond motifs is 1. The van der Waals surface area contributed by atoms with Crippen molar-refractivity contribution in [2.45, 2.75) is 37.1 Å². The summed E-state index contributed by atoms with van der Waals surface area (Å²) >= 11 is 0. The molecule has 1 saturated carbocycles. The Bertz CT molecular complexity index is 902. The number of rotatable bonds is 4. The summed E-state index contributed by atoms with van der Waals surface area (Å²) in [7, 11) is -3.70. The maximum atomic E-state index is 12.5. The monoisotopic (exact) mass is 334 g/mol. The Kier molecular flexibility index (Phi) is 3.57. The maximum absolute atomic E-state index is 12.5. The minimum Gasteiger partial charge on any atom is -0.507 e. The van der Waals surface area contributed by atoms with Crippen molar-refractivity contribution in [1.29, 1.82) is 0 Å². The lowest BCUT2D eigenvalue weighted by Crippen LogP contribution is -2.34. The van der Waals surface area contributed by atoms with Crippen LogP contribution in [0.3, 0.4) is 0 Å². The molecule has 0 aliphatic heterocycles. The van der Waals surface area contributed by atoms with Gasteiger partial charge in [-0.2, -0.15) is 0 Å². The number of phenolic OH excluding ortho intramolecular Hbond substituents is 1. The Labute approximate surface area is 134 Å². The molecule has 3 N–H and O–H groups in total. The van der Waals surface area contributed by atoms with Gasteiger partial charge in [0, 0.05) is 29.6 Å². The molecule has 2 aromatic carbocycles. The smallest absolute Gasteiger partial charge is 0.241 e. The number of aromatic hydroxyl groups is 1. The van der Waals surface area contributed by atoms with Crippen LogP contribution in [-0.4, -0.2) is 25.0 Å². The van der Waals surface area contributed by atoms with Crippen LogP contribution in [0.1, 0.15) is 26.7 Å². The molecule has 1 fully saturated rings. The maximum Gasteiger partial charge on any atom is 0.241 e. The zero-order valence-corrected chi connectivity index (χ0v) is 13.7. The van der Waals surface area contributed by atoms with Crippen molar-refractivity contribution in [3.63, 3.8) is 0 Å². The van der Waals surface area contributed by atoms with Gasteiger partial charge in [0.25, 0.3) is 0 Å². The molecular weight excluding hydrogens is 316 g/mol. The Morgan fingerprint density at radius 1 is 1.22 bits per heavy atom. The molecule has 3 rings (SSSR count). The third kappa shape index (κ3) is 3.30. The van der Waals surface area contributed by atoms with Crippen molar-refractivity contribution in [3.8, 4) is 5.75 Å². The van der Waals surface area contributed by atoms with Gasteiger partial charge in [0.1, 0.15) is 5.75 Å². The number of carbonyl (C=O) groups excluding carboxylic acids is 1. The SMILES string of the molecule is CC(=O)Nc1ccc2c(O)cc(S(=O)(=O)NC3(C)CC3)cc2c1. The van der Waals surface area contributed by atoms with Gasteiger partial charge in [0.2, 0.25) is 15.9 Å². The highest BCUT2D eigenvalue weighted by Crippen LogP contribution is 2.37. The first-order valence-corrected chi connectivity index (χ1v) is 8.75. The van der Waals surface area contributed by atoms with Crippen molar-refractivity contribution in [2.24, 2.45) is 0 Å². The van der Waals surface area contributed by atoms with E-state index < -0.39 is 10.0 Å². The van der Waals surface area contributed by atoms with Crippen LogP contribution in [0.15, 0.2) is 35.2 Å². The lowest BCUT2D eigenvalue weighted by molar-refractivity contribution is -0.114. The first kappa shape index (κ1) is 15.8. The van der Waals surface area contributed by atoms with Gasteiger partial charge in [-0.25, -0.2) is 13.1 Å². The minimum absolute atomic E-state index is 0.00981.